The third-order valence-electron chi connectivity index (χ3n) is 3.32. The number of nitrogens with zero attached hydrogens (tertiary/aromatic N) is 2. The number of halogens is 1. The average Bonchev–Trinajstić information content (AvgIpc) is 2.63. The van der Waals surface area contributed by atoms with E-state index in [9.17, 15) is 5.11 Å². The predicted octanol–water partition coefficient (Wildman–Crippen LogP) is 1.45. The zero-order valence-electron chi connectivity index (χ0n) is 10.3. The molecular weight excluding hydrogens is 236 g/mol. The number of hydrogen-bond acceptors (Lipinski definition) is 3. The zero-order chi connectivity index (χ0) is 12.4. The highest BCUT2D eigenvalue weighted by molar-refractivity contribution is 6.30. The van der Waals surface area contributed by atoms with E-state index in [1.807, 2.05) is 38.4 Å². The molecule has 1 aromatic rings. The topological polar surface area (TPSA) is 26.7 Å². The molecule has 0 saturated carbocycles. The van der Waals surface area contributed by atoms with Crippen molar-refractivity contribution in [1.29, 1.82) is 0 Å². The van der Waals surface area contributed by atoms with Gasteiger partial charge >= 0.3 is 0 Å². The Balaban J connectivity index is 1.95. The molecule has 0 radical (unpaired) electrons. The standard InChI is InChI=1S/C13H19ClN2O/c1-15(2)12-8-16(9-13(12)17)7-10-3-5-11(14)6-4-10/h3-6,12-13,17H,7-9H2,1-2H3/t12-,13-/m0/s1. The Morgan fingerprint density at radius 2 is 1.94 bits per heavy atom. The van der Waals surface area contributed by atoms with E-state index >= 15 is 0 Å². The van der Waals surface area contributed by atoms with Gasteiger partial charge in [-0.3, -0.25) is 4.90 Å². The average molecular weight is 255 g/mol. The van der Waals surface area contributed by atoms with Crippen molar-refractivity contribution in [3.8, 4) is 0 Å². The molecule has 1 aromatic carbocycles. The van der Waals surface area contributed by atoms with Crippen molar-refractivity contribution < 1.29 is 5.11 Å². The number of β-amino-alcohol motifs (C(OH)–C–C–N with tert-alkyl or cyclic N) is 1. The van der Waals surface area contributed by atoms with Crippen molar-refractivity contribution in [2.24, 2.45) is 0 Å². The quantitative estimate of drug-likeness (QED) is 0.885. The van der Waals surface area contributed by atoms with E-state index in [1.54, 1.807) is 0 Å². The SMILES string of the molecule is CN(C)[C@H]1CN(Cc2ccc(Cl)cc2)C[C@@H]1O. The van der Waals surface area contributed by atoms with Crippen LogP contribution in [0.1, 0.15) is 5.56 Å². The maximum Gasteiger partial charge on any atom is 0.0834 e. The molecule has 4 heteroatoms. The van der Waals surface area contributed by atoms with Crippen LogP contribution in [0.25, 0.3) is 0 Å². The Bertz CT molecular complexity index is 366. The van der Waals surface area contributed by atoms with E-state index in [-0.39, 0.29) is 12.1 Å². The van der Waals surface area contributed by atoms with Gasteiger partial charge in [0, 0.05) is 30.7 Å². The summed E-state index contributed by atoms with van der Waals surface area (Å²) in [5, 5.41) is 10.7. The molecule has 2 atom stereocenters. The van der Waals surface area contributed by atoms with Crippen LogP contribution in [-0.2, 0) is 6.54 Å². The van der Waals surface area contributed by atoms with Crippen molar-refractivity contribution in [3.05, 3.63) is 34.9 Å². The first-order valence-corrected chi connectivity index (χ1v) is 6.25. The minimum Gasteiger partial charge on any atom is -0.390 e. The molecular formula is C13H19ClN2O. The lowest BCUT2D eigenvalue weighted by molar-refractivity contribution is 0.112. The van der Waals surface area contributed by atoms with Crippen LogP contribution < -0.4 is 0 Å². The van der Waals surface area contributed by atoms with E-state index in [4.69, 9.17) is 11.6 Å². The van der Waals surface area contributed by atoms with Gasteiger partial charge in [-0.2, -0.15) is 0 Å². The Labute approximate surface area is 108 Å². The molecule has 1 fully saturated rings. The molecule has 1 N–H and O–H groups in total. The largest absolute Gasteiger partial charge is 0.390 e. The third kappa shape index (κ3) is 3.19. The van der Waals surface area contributed by atoms with Crippen LogP contribution >= 0.6 is 11.6 Å². The van der Waals surface area contributed by atoms with Gasteiger partial charge in [0.05, 0.1) is 6.10 Å². The predicted molar refractivity (Wildman–Crippen MR) is 70.2 cm³/mol. The molecule has 0 unspecified atom stereocenters. The molecule has 0 aliphatic carbocycles. The van der Waals surface area contributed by atoms with E-state index in [1.165, 1.54) is 5.56 Å². The van der Waals surface area contributed by atoms with Gasteiger partial charge in [0.25, 0.3) is 0 Å². The van der Waals surface area contributed by atoms with Crippen molar-refractivity contribution in [2.45, 2.75) is 18.7 Å². The van der Waals surface area contributed by atoms with Crippen LogP contribution in [0.2, 0.25) is 5.02 Å². The van der Waals surface area contributed by atoms with Crippen molar-refractivity contribution in [1.82, 2.24) is 9.80 Å². The monoisotopic (exact) mass is 254 g/mol. The van der Waals surface area contributed by atoms with Crippen molar-refractivity contribution in [2.75, 3.05) is 27.2 Å². The number of benzene rings is 1. The van der Waals surface area contributed by atoms with Crippen LogP contribution in [0.3, 0.4) is 0 Å². The summed E-state index contributed by atoms with van der Waals surface area (Å²) in [5.74, 6) is 0. The van der Waals surface area contributed by atoms with Crippen LogP contribution in [0.4, 0.5) is 0 Å². The second kappa shape index (κ2) is 5.36. The first kappa shape index (κ1) is 12.8. The molecule has 3 nitrogen and oxygen atoms in total. The molecule has 0 amide bonds. The summed E-state index contributed by atoms with van der Waals surface area (Å²) in [6, 6.07) is 8.14. The number of hydrogen-bond donors (Lipinski definition) is 1. The minimum atomic E-state index is -0.252. The van der Waals surface area contributed by atoms with Gasteiger partial charge in [-0.05, 0) is 31.8 Å². The zero-order valence-corrected chi connectivity index (χ0v) is 11.1. The lowest BCUT2D eigenvalue weighted by Crippen LogP contribution is -2.37. The smallest absolute Gasteiger partial charge is 0.0834 e. The van der Waals surface area contributed by atoms with Gasteiger partial charge in [-0.1, -0.05) is 23.7 Å². The highest BCUT2D eigenvalue weighted by Crippen LogP contribution is 2.18. The van der Waals surface area contributed by atoms with E-state index in [0.717, 1.165) is 24.7 Å². The van der Waals surface area contributed by atoms with Crippen molar-refractivity contribution in [3.63, 3.8) is 0 Å². The molecule has 1 aliphatic rings. The number of aliphatic hydroxyl groups excluding tert-OH is 1. The molecule has 1 heterocycles. The van der Waals surface area contributed by atoms with Gasteiger partial charge in [0.15, 0.2) is 0 Å². The summed E-state index contributed by atoms with van der Waals surface area (Å²) < 4.78 is 0. The Kier molecular flexibility index (Phi) is 4.05. The number of aliphatic hydroxyl groups is 1. The Morgan fingerprint density at radius 3 is 2.47 bits per heavy atom. The molecule has 1 aliphatic heterocycles. The number of likely N-dealkylation sites (tertiary alicyclic amines) is 1. The van der Waals surface area contributed by atoms with Gasteiger partial charge in [0.1, 0.15) is 0 Å². The highest BCUT2D eigenvalue weighted by Gasteiger charge is 2.32. The van der Waals surface area contributed by atoms with Gasteiger partial charge in [-0.25, -0.2) is 0 Å². The summed E-state index contributed by atoms with van der Waals surface area (Å²) in [5.41, 5.74) is 1.24. The number of rotatable bonds is 3. The molecule has 2 rings (SSSR count). The van der Waals surface area contributed by atoms with E-state index in [0.29, 0.717) is 0 Å². The molecule has 0 spiro atoms. The van der Waals surface area contributed by atoms with E-state index < -0.39 is 0 Å². The molecule has 94 valence electrons. The van der Waals surface area contributed by atoms with Crippen LogP contribution in [0, 0.1) is 0 Å². The summed E-state index contributed by atoms with van der Waals surface area (Å²) in [7, 11) is 4.03. The Hall–Kier alpha value is -0.610. The third-order valence-corrected chi connectivity index (χ3v) is 3.57. The van der Waals surface area contributed by atoms with Gasteiger partial charge in [0.2, 0.25) is 0 Å². The summed E-state index contributed by atoms with van der Waals surface area (Å²) in [6.45, 7) is 2.53. The van der Waals surface area contributed by atoms with E-state index in [2.05, 4.69) is 9.80 Å². The lowest BCUT2D eigenvalue weighted by atomic mass is 10.2. The summed E-state index contributed by atoms with van der Waals surface area (Å²) in [4.78, 5) is 4.37. The summed E-state index contributed by atoms with van der Waals surface area (Å²) in [6.07, 6.45) is -0.252. The fourth-order valence-corrected chi connectivity index (χ4v) is 2.46. The fourth-order valence-electron chi connectivity index (χ4n) is 2.33. The van der Waals surface area contributed by atoms with Crippen LogP contribution in [-0.4, -0.2) is 54.2 Å². The maximum absolute atomic E-state index is 9.95. The van der Waals surface area contributed by atoms with Gasteiger partial charge in [-0.15, -0.1) is 0 Å². The second-order valence-electron chi connectivity index (χ2n) is 4.92. The molecule has 0 aromatic heterocycles. The van der Waals surface area contributed by atoms with Crippen LogP contribution in [0.15, 0.2) is 24.3 Å². The highest BCUT2D eigenvalue weighted by atomic mass is 35.5. The molecule has 17 heavy (non-hydrogen) atoms. The first-order chi connectivity index (χ1) is 8.06. The van der Waals surface area contributed by atoms with Crippen LogP contribution in [0.5, 0.6) is 0 Å². The fraction of sp³-hybridized carbons (Fsp3) is 0.538. The maximum atomic E-state index is 9.95. The second-order valence-corrected chi connectivity index (χ2v) is 5.36. The first-order valence-electron chi connectivity index (χ1n) is 5.87. The number of likely N-dealkylation sites (N-methyl/N-ethyl adjacent to an activating group) is 1. The minimum absolute atomic E-state index is 0.238. The normalized spacial score (nSPS) is 25.7. The molecule has 0 bridgehead atoms. The lowest BCUT2D eigenvalue weighted by Gasteiger charge is -2.21. The Morgan fingerprint density at radius 1 is 1.29 bits per heavy atom. The summed E-state index contributed by atoms with van der Waals surface area (Å²) >= 11 is 5.86. The van der Waals surface area contributed by atoms with Gasteiger partial charge < -0.3 is 10.0 Å². The van der Waals surface area contributed by atoms with Crippen molar-refractivity contribution >= 4 is 11.6 Å². The molecule has 1 saturated heterocycles.